The van der Waals surface area contributed by atoms with E-state index in [9.17, 15) is 39.0 Å². The number of β-lactam (4-membered cyclic amide) rings is 2. The summed E-state index contributed by atoms with van der Waals surface area (Å²) in [5, 5.41) is 28.3. The van der Waals surface area contributed by atoms with Gasteiger partial charge in [0, 0.05) is 42.2 Å². The molecule has 1 aliphatic carbocycles. The van der Waals surface area contributed by atoms with Gasteiger partial charge in [-0.05, 0) is 31.8 Å². The fourth-order valence-corrected chi connectivity index (χ4v) is 8.49. The molecular formula is C30H33N6NaO11S2. The second-order valence-corrected chi connectivity index (χ2v) is 13.3. The fourth-order valence-electron chi connectivity index (χ4n) is 6.61. The second-order valence-electron chi connectivity index (χ2n) is 11.3. The number of methoxy groups -OCH3 is 1. The van der Waals surface area contributed by atoms with Crippen molar-refractivity contribution in [1.82, 2.24) is 20.1 Å². The number of hydrogen-bond donors (Lipinski definition) is 3. The molecule has 17 nitrogen and oxygen atoms in total. The van der Waals surface area contributed by atoms with Gasteiger partial charge in [-0.15, -0.1) is 23.1 Å². The molecule has 262 valence electrons. The van der Waals surface area contributed by atoms with Crippen LogP contribution in [0.15, 0.2) is 44.7 Å². The monoisotopic (exact) mass is 740 g/mol. The molecule has 0 spiro atoms. The molecule has 1 aromatic heterocycles. The number of thiazole rings is 1. The number of aliphatic carboxylic acids is 2. The fraction of sp³-hybridized carbons (Fsp3) is 0.467. The maximum Gasteiger partial charge on any atom is 1.00 e. The first-order valence-electron chi connectivity index (χ1n) is 15.0. The first kappa shape index (κ1) is 39.0. The number of allylic oxidation sites excluding steroid dienone is 1. The van der Waals surface area contributed by atoms with Gasteiger partial charge < -0.3 is 40.4 Å². The predicted molar refractivity (Wildman–Crippen MR) is 171 cm³/mol. The molecule has 50 heavy (non-hydrogen) atoms. The van der Waals surface area contributed by atoms with Gasteiger partial charge in [0.25, 0.3) is 17.7 Å². The van der Waals surface area contributed by atoms with Crippen LogP contribution in [0.3, 0.4) is 0 Å². The van der Waals surface area contributed by atoms with E-state index in [1.807, 2.05) is 6.92 Å². The van der Waals surface area contributed by atoms with Gasteiger partial charge in [0.05, 0.1) is 23.8 Å². The third-order valence-corrected chi connectivity index (χ3v) is 10.6. The first-order chi connectivity index (χ1) is 23.4. The molecule has 1 saturated carbocycles. The van der Waals surface area contributed by atoms with E-state index >= 15 is 0 Å². The number of aromatic nitrogens is 1. The molecule has 5 atom stereocenters. The summed E-state index contributed by atoms with van der Waals surface area (Å²) in [4.78, 5) is 82.6. The SMILES string of the molecule is C/C=C1/C(=O)N2C(C(=O)[O-])=C3[C@@H](OC)CCC[C@@H]3C12.CO/N=C(\C(=O)N[C@@H]1C(=O)N2C(C(=O)O)=C(COC(C)=O)CS[C@H]12)c1csc(N)n1.[Na+]. The molecule has 2 saturated heterocycles. The van der Waals surface area contributed by atoms with Crippen LogP contribution < -0.4 is 45.7 Å². The van der Waals surface area contributed by atoms with Gasteiger partial charge in [0.15, 0.2) is 10.8 Å². The van der Waals surface area contributed by atoms with Crippen molar-refractivity contribution in [2.45, 2.75) is 56.7 Å². The van der Waals surface area contributed by atoms with Crippen LogP contribution in [0.4, 0.5) is 5.13 Å². The van der Waals surface area contributed by atoms with Crippen molar-refractivity contribution in [2.75, 3.05) is 32.3 Å². The van der Waals surface area contributed by atoms with Crippen molar-refractivity contribution in [3.8, 4) is 0 Å². The van der Waals surface area contributed by atoms with Crippen LogP contribution >= 0.6 is 23.1 Å². The molecule has 20 heteroatoms. The third kappa shape index (κ3) is 7.06. The maximum atomic E-state index is 12.7. The summed E-state index contributed by atoms with van der Waals surface area (Å²) in [6.45, 7) is 2.79. The number of nitrogens with one attached hydrogen (secondary N) is 1. The normalized spacial score (nSPS) is 26.0. The number of esters is 1. The number of thioether (sulfide) groups is 1. The van der Waals surface area contributed by atoms with Gasteiger partial charge >= 0.3 is 41.5 Å². The minimum Gasteiger partial charge on any atom is -0.543 e. The van der Waals surface area contributed by atoms with Crippen LogP contribution in [0, 0.1) is 5.92 Å². The first-order valence-corrected chi connectivity index (χ1v) is 16.9. The van der Waals surface area contributed by atoms with Crippen molar-refractivity contribution in [2.24, 2.45) is 11.1 Å². The molecule has 1 unspecified atom stereocenters. The number of oxime groups is 1. The smallest absolute Gasteiger partial charge is 0.543 e. The van der Waals surface area contributed by atoms with Crippen LogP contribution in [0.1, 0.15) is 38.8 Å². The number of hydrogen-bond acceptors (Lipinski definition) is 15. The van der Waals surface area contributed by atoms with Gasteiger partial charge in [0.1, 0.15) is 36.5 Å². The third-order valence-electron chi connectivity index (χ3n) is 8.62. The molecule has 4 aliphatic heterocycles. The Morgan fingerprint density at radius 2 is 1.92 bits per heavy atom. The zero-order chi connectivity index (χ0) is 35.7. The number of carboxylic acid groups (broad SMARTS) is 2. The number of nitrogen functional groups attached to an aromatic ring is 1. The number of nitrogens with zero attached hydrogens (tertiary/aromatic N) is 4. The Bertz CT molecular complexity index is 1740. The number of fused-ring (bicyclic) bond motifs is 4. The summed E-state index contributed by atoms with van der Waals surface area (Å²) in [5.74, 6) is -4.38. The quantitative estimate of drug-likeness (QED) is 0.0553. The average molecular weight is 741 g/mol. The van der Waals surface area contributed by atoms with E-state index in [-0.39, 0.29) is 93.8 Å². The van der Waals surface area contributed by atoms with E-state index in [2.05, 4.69) is 20.3 Å². The van der Waals surface area contributed by atoms with Crippen LogP contribution in [-0.2, 0) is 43.1 Å². The Balaban J connectivity index is 0.000000241. The maximum absolute atomic E-state index is 12.7. The zero-order valence-corrected chi connectivity index (χ0v) is 31.4. The molecule has 6 rings (SSSR count). The van der Waals surface area contributed by atoms with E-state index < -0.39 is 41.1 Å². The van der Waals surface area contributed by atoms with E-state index in [0.29, 0.717) is 5.57 Å². The van der Waals surface area contributed by atoms with Gasteiger partial charge in [-0.25, -0.2) is 9.78 Å². The molecule has 3 amide bonds. The van der Waals surface area contributed by atoms with Gasteiger partial charge in [-0.3, -0.25) is 29.0 Å². The molecule has 0 radical (unpaired) electrons. The Labute approximate surface area is 316 Å². The van der Waals surface area contributed by atoms with Crippen LogP contribution in [0.25, 0.3) is 0 Å². The topological polar surface area (TPSA) is 243 Å². The number of carbonyl (C=O) groups is 6. The van der Waals surface area contributed by atoms with Crippen molar-refractivity contribution in [3.63, 3.8) is 0 Å². The van der Waals surface area contributed by atoms with Gasteiger partial charge in [0.2, 0.25) is 0 Å². The van der Waals surface area contributed by atoms with Crippen LogP contribution in [0.2, 0.25) is 0 Å². The number of ether oxygens (including phenoxy) is 2. The van der Waals surface area contributed by atoms with Gasteiger partial charge in [-0.2, -0.15) is 0 Å². The molecule has 4 N–H and O–H groups in total. The van der Waals surface area contributed by atoms with Crippen LogP contribution in [-0.4, -0.2) is 111 Å². The molecule has 3 fully saturated rings. The molecule has 1 aromatic rings. The zero-order valence-electron chi connectivity index (χ0n) is 27.8. The minimum atomic E-state index is -1.32. The largest absolute Gasteiger partial charge is 1.00 e. The van der Waals surface area contributed by atoms with E-state index in [1.165, 1.54) is 36.1 Å². The van der Waals surface area contributed by atoms with E-state index in [1.54, 1.807) is 13.2 Å². The Morgan fingerprint density at radius 3 is 2.48 bits per heavy atom. The molecule has 5 heterocycles. The van der Waals surface area contributed by atoms with E-state index in [0.717, 1.165) is 46.6 Å². The van der Waals surface area contributed by atoms with E-state index in [4.69, 9.17) is 15.2 Å². The summed E-state index contributed by atoms with van der Waals surface area (Å²) in [5.41, 5.74) is 7.19. The van der Waals surface area contributed by atoms with Crippen LogP contribution in [0.5, 0.6) is 0 Å². The number of anilines is 1. The predicted octanol–water partition coefficient (Wildman–Crippen LogP) is -3.64. The van der Waals surface area contributed by atoms with Crippen molar-refractivity contribution in [1.29, 1.82) is 0 Å². The van der Waals surface area contributed by atoms with Crippen molar-refractivity contribution in [3.05, 3.63) is 45.3 Å². The summed E-state index contributed by atoms with van der Waals surface area (Å²) in [6, 6.07) is -1.08. The summed E-state index contributed by atoms with van der Waals surface area (Å²) in [6.07, 6.45) is 4.28. The van der Waals surface area contributed by atoms with Crippen molar-refractivity contribution < 1.29 is 82.8 Å². The number of rotatable bonds is 9. The molecule has 0 aromatic carbocycles. The van der Waals surface area contributed by atoms with Gasteiger partial charge in [-0.1, -0.05) is 11.2 Å². The molecule has 0 bridgehead atoms. The minimum absolute atomic E-state index is 0. The second kappa shape index (κ2) is 16.1. The molecule has 5 aliphatic rings. The number of amides is 3. The molecular weight excluding hydrogens is 707 g/mol. The summed E-state index contributed by atoms with van der Waals surface area (Å²) < 4.78 is 10.3. The number of carboxylic acids is 2. The Kier molecular flexibility index (Phi) is 12.5. The van der Waals surface area contributed by atoms with Crippen molar-refractivity contribution >= 4 is 69.6 Å². The Hall–Kier alpha value is -3.75. The summed E-state index contributed by atoms with van der Waals surface area (Å²) in [7, 11) is 2.84. The number of nitrogens with two attached hydrogens (primary N) is 1. The Morgan fingerprint density at radius 1 is 1.20 bits per heavy atom. The standard InChI is InChI=1S/C16H17N5O7S2.C14H17NO4.Na/c1-6(22)28-3-7-4-29-14-10(13(24)21(14)11(7)15(25)26)19-12(23)9(20-27-2)8-5-30-16(17)18-8;1-3-7-11-8-5-4-6-9(19-2)10(8)12(14(17)18)15(11)13(7)16;/h5,10,14H,3-4H2,1-2H3,(H2,17,18)(H,19,23)(H,25,26);3,8-9,11H,4-6H2,1-2H3,(H,17,18);/q;;+1/p-1/b20-9-;7-3+;/t10-,14-;8-,9-,11?;/m10./s1. The number of carbonyl (C=O) groups excluding carboxylic acids is 5. The average Bonchev–Trinajstić information content (AvgIpc) is 3.64. The summed E-state index contributed by atoms with van der Waals surface area (Å²) >= 11 is 2.35.